The Morgan fingerprint density at radius 3 is 2.57 bits per heavy atom. The van der Waals surface area contributed by atoms with Crippen LogP contribution in [-0.4, -0.2) is 34.1 Å². The van der Waals surface area contributed by atoms with E-state index in [-0.39, 0.29) is 5.69 Å². The molecule has 124 valence electrons. The summed E-state index contributed by atoms with van der Waals surface area (Å²) in [5.74, 6) is 0.157. The van der Waals surface area contributed by atoms with Crippen molar-refractivity contribution in [3.05, 3.63) is 47.7 Å². The first-order chi connectivity index (χ1) is 11.0. The molecule has 0 spiro atoms. The minimum Gasteiger partial charge on any atom is -0.497 e. The highest BCUT2D eigenvalue weighted by Crippen LogP contribution is 2.17. The molecule has 1 aromatic carbocycles. The summed E-state index contributed by atoms with van der Waals surface area (Å²) >= 11 is 0. The van der Waals surface area contributed by atoms with Crippen LogP contribution in [0.3, 0.4) is 0 Å². The summed E-state index contributed by atoms with van der Waals surface area (Å²) in [6.45, 7) is 5.44. The first-order valence-corrected chi connectivity index (χ1v) is 7.58. The predicted octanol–water partition coefficient (Wildman–Crippen LogP) is 3.18. The van der Waals surface area contributed by atoms with Crippen molar-refractivity contribution in [1.82, 2.24) is 9.88 Å². The Balaban J connectivity index is 2.10. The van der Waals surface area contributed by atoms with Crippen LogP contribution in [0.15, 0.2) is 34.9 Å². The van der Waals surface area contributed by atoms with Gasteiger partial charge in [0.15, 0.2) is 5.69 Å². The Kier molecular flexibility index (Phi) is 5.76. The van der Waals surface area contributed by atoms with Crippen LogP contribution >= 0.6 is 0 Å². The lowest BCUT2D eigenvalue weighted by atomic mass is 10.1. The minimum absolute atomic E-state index is 0.0615. The molecule has 1 unspecified atom stereocenters. The maximum Gasteiger partial charge on any atom is 0.357 e. The van der Waals surface area contributed by atoms with Gasteiger partial charge in [-0.1, -0.05) is 19.1 Å². The van der Waals surface area contributed by atoms with Crippen molar-refractivity contribution in [3.63, 3.8) is 0 Å². The molecule has 2 aromatic rings. The lowest BCUT2D eigenvalue weighted by Crippen LogP contribution is -2.31. The number of aromatic nitrogens is 1. The average Bonchev–Trinajstić information content (AvgIpc) is 3.03. The van der Waals surface area contributed by atoms with Gasteiger partial charge in [0.25, 0.3) is 0 Å². The second-order valence-electron chi connectivity index (χ2n) is 5.44. The van der Waals surface area contributed by atoms with Crippen LogP contribution in [-0.2, 0) is 13.1 Å². The predicted molar refractivity (Wildman–Crippen MR) is 85.5 cm³/mol. The molecule has 1 heterocycles. The zero-order valence-corrected chi connectivity index (χ0v) is 13.7. The van der Waals surface area contributed by atoms with Crippen molar-refractivity contribution < 1.29 is 19.1 Å². The molecule has 6 nitrogen and oxygen atoms in total. The van der Waals surface area contributed by atoms with Gasteiger partial charge in [-0.15, -0.1) is 0 Å². The maximum absolute atomic E-state index is 10.9. The Morgan fingerprint density at radius 2 is 2.04 bits per heavy atom. The van der Waals surface area contributed by atoms with Gasteiger partial charge >= 0.3 is 5.97 Å². The summed E-state index contributed by atoms with van der Waals surface area (Å²) in [4.78, 5) is 17.1. The Hall–Kier alpha value is -2.34. The van der Waals surface area contributed by atoms with Gasteiger partial charge in [0.05, 0.1) is 13.7 Å². The fraction of sp³-hybridized carbons (Fsp3) is 0.412. The molecule has 0 aliphatic carbocycles. The molecule has 2 rings (SSSR count). The highest BCUT2D eigenvalue weighted by Gasteiger charge is 2.18. The SMILES string of the molecule is CCC(C)N(Cc1ccc(OC)cc1)Cc1nc(C(=O)O)co1. The third-order valence-electron chi connectivity index (χ3n) is 3.87. The summed E-state index contributed by atoms with van der Waals surface area (Å²) in [7, 11) is 1.64. The molecule has 1 atom stereocenters. The number of carboxylic acid groups (broad SMARTS) is 1. The number of ether oxygens (including phenoxy) is 1. The van der Waals surface area contributed by atoms with Gasteiger partial charge in [-0.3, -0.25) is 4.90 Å². The van der Waals surface area contributed by atoms with E-state index in [2.05, 4.69) is 23.7 Å². The van der Waals surface area contributed by atoms with Gasteiger partial charge in [0.1, 0.15) is 12.0 Å². The first-order valence-electron chi connectivity index (χ1n) is 7.58. The Labute approximate surface area is 135 Å². The zero-order valence-electron chi connectivity index (χ0n) is 13.7. The molecule has 0 bridgehead atoms. The highest BCUT2D eigenvalue weighted by atomic mass is 16.5. The largest absolute Gasteiger partial charge is 0.497 e. The summed E-state index contributed by atoms with van der Waals surface area (Å²) in [6.07, 6.45) is 2.16. The summed E-state index contributed by atoms with van der Waals surface area (Å²) in [5, 5.41) is 8.92. The molecular weight excluding hydrogens is 296 g/mol. The van der Waals surface area contributed by atoms with Crippen molar-refractivity contribution >= 4 is 5.97 Å². The second kappa shape index (κ2) is 7.78. The van der Waals surface area contributed by atoms with Crippen LogP contribution in [0.1, 0.15) is 42.2 Å². The molecule has 23 heavy (non-hydrogen) atoms. The van der Waals surface area contributed by atoms with Gasteiger partial charge in [0, 0.05) is 12.6 Å². The lowest BCUT2D eigenvalue weighted by molar-refractivity contribution is 0.0690. The lowest BCUT2D eigenvalue weighted by Gasteiger charge is -2.27. The normalized spacial score (nSPS) is 12.3. The van der Waals surface area contributed by atoms with Gasteiger partial charge in [-0.25, -0.2) is 9.78 Å². The van der Waals surface area contributed by atoms with E-state index in [1.807, 2.05) is 24.3 Å². The fourth-order valence-corrected chi connectivity index (χ4v) is 2.25. The highest BCUT2D eigenvalue weighted by molar-refractivity contribution is 5.84. The monoisotopic (exact) mass is 318 g/mol. The topological polar surface area (TPSA) is 75.8 Å². The van der Waals surface area contributed by atoms with E-state index < -0.39 is 5.97 Å². The van der Waals surface area contributed by atoms with Gasteiger partial charge in [-0.05, 0) is 31.0 Å². The molecule has 0 saturated heterocycles. The van der Waals surface area contributed by atoms with Crippen molar-refractivity contribution in [2.24, 2.45) is 0 Å². The molecule has 0 aliphatic rings. The first kappa shape index (κ1) is 17.0. The number of nitrogens with zero attached hydrogens (tertiary/aromatic N) is 2. The summed E-state index contributed by atoms with van der Waals surface area (Å²) in [6, 6.07) is 8.21. The van der Waals surface area contributed by atoms with Crippen molar-refractivity contribution in [3.8, 4) is 5.75 Å². The number of carbonyl (C=O) groups is 1. The van der Waals surface area contributed by atoms with E-state index in [0.717, 1.165) is 24.3 Å². The molecule has 0 fully saturated rings. The molecular formula is C17H22N2O4. The summed E-state index contributed by atoms with van der Waals surface area (Å²) < 4.78 is 10.4. The van der Waals surface area contributed by atoms with E-state index in [9.17, 15) is 4.79 Å². The van der Waals surface area contributed by atoms with Gasteiger partial charge < -0.3 is 14.3 Å². The molecule has 6 heteroatoms. The number of rotatable bonds is 8. The molecule has 1 N–H and O–H groups in total. The number of methoxy groups -OCH3 is 1. The number of benzene rings is 1. The van der Waals surface area contributed by atoms with E-state index in [1.165, 1.54) is 6.26 Å². The smallest absolute Gasteiger partial charge is 0.357 e. The molecule has 0 amide bonds. The Morgan fingerprint density at radius 1 is 1.35 bits per heavy atom. The standard InChI is InChI=1S/C17H22N2O4/c1-4-12(2)19(9-13-5-7-14(22-3)8-6-13)10-16-18-15(11-23-16)17(20)21/h5-8,11-12H,4,9-10H2,1-3H3,(H,20,21). The Bertz CT molecular complexity index is 636. The molecule has 0 radical (unpaired) electrons. The van der Waals surface area contributed by atoms with Gasteiger partial charge in [0.2, 0.25) is 5.89 Å². The number of oxazole rings is 1. The van der Waals surface area contributed by atoms with Crippen molar-refractivity contribution in [1.29, 1.82) is 0 Å². The van der Waals surface area contributed by atoms with E-state index in [4.69, 9.17) is 14.3 Å². The van der Waals surface area contributed by atoms with Crippen LogP contribution in [0, 0.1) is 0 Å². The number of aromatic carboxylic acids is 1. The van der Waals surface area contributed by atoms with Crippen LogP contribution < -0.4 is 4.74 Å². The van der Waals surface area contributed by atoms with Crippen molar-refractivity contribution in [2.75, 3.05) is 7.11 Å². The number of carboxylic acids is 1. The zero-order chi connectivity index (χ0) is 16.8. The van der Waals surface area contributed by atoms with E-state index in [1.54, 1.807) is 7.11 Å². The van der Waals surface area contributed by atoms with Gasteiger partial charge in [-0.2, -0.15) is 0 Å². The van der Waals surface area contributed by atoms with Crippen molar-refractivity contribution in [2.45, 2.75) is 39.4 Å². The third-order valence-corrected chi connectivity index (χ3v) is 3.87. The van der Waals surface area contributed by atoms with Crippen LogP contribution in [0.2, 0.25) is 0 Å². The third kappa shape index (κ3) is 4.56. The fourth-order valence-electron chi connectivity index (χ4n) is 2.25. The average molecular weight is 318 g/mol. The van der Waals surface area contributed by atoms with Crippen LogP contribution in [0.4, 0.5) is 0 Å². The number of hydrogen-bond acceptors (Lipinski definition) is 5. The minimum atomic E-state index is -1.08. The van der Waals surface area contributed by atoms with Crippen LogP contribution in [0.25, 0.3) is 0 Å². The maximum atomic E-state index is 10.9. The quantitative estimate of drug-likeness (QED) is 0.805. The van der Waals surface area contributed by atoms with E-state index >= 15 is 0 Å². The summed E-state index contributed by atoms with van der Waals surface area (Å²) in [5.41, 5.74) is 1.09. The second-order valence-corrected chi connectivity index (χ2v) is 5.44. The molecule has 1 aromatic heterocycles. The molecule has 0 saturated carbocycles. The van der Waals surface area contributed by atoms with E-state index in [0.29, 0.717) is 18.5 Å². The number of hydrogen-bond donors (Lipinski definition) is 1. The molecule has 0 aliphatic heterocycles. The van der Waals surface area contributed by atoms with Crippen LogP contribution in [0.5, 0.6) is 5.75 Å².